The molecule has 3 aromatic rings. The largest absolute Gasteiger partial charge is 0.382 e. The second kappa shape index (κ2) is 25.0. The van der Waals surface area contributed by atoms with E-state index in [9.17, 15) is 28.8 Å². The SMILES string of the molecule is O=C(/C=C/c1cccnc1)NCCCCC1CCN(C(=O)c2ccc(N3CCC(N4CCN(C(=O)CCOCCOCCNc5cccc6c5CN(C5CCC(=O)NC5=O)C6=O)CC4)CC3)nn2)CC1. The van der Waals surface area contributed by atoms with Gasteiger partial charge in [-0.3, -0.25) is 44.0 Å². The summed E-state index contributed by atoms with van der Waals surface area (Å²) in [6, 6.07) is 12.7. The van der Waals surface area contributed by atoms with Crippen LogP contribution in [0.1, 0.15) is 96.2 Å². The third-order valence-corrected chi connectivity index (χ3v) is 14.2. The molecule has 0 saturated carbocycles. The molecule has 5 aliphatic rings. The van der Waals surface area contributed by atoms with Crippen LogP contribution in [0.3, 0.4) is 0 Å². The molecule has 8 rings (SSSR count). The number of carbonyl (C=O) groups excluding carboxylic acids is 6. The lowest BCUT2D eigenvalue weighted by Crippen LogP contribution is -2.54. The Balaban J connectivity index is 0.634. The zero-order valence-electron chi connectivity index (χ0n) is 40.1. The van der Waals surface area contributed by atoms with Crippen LogP contribution in [0.4, 0.5) is 11.5 Å². The van der Waals surface area contributed by atoms with Gasteiger partial charge in [-0.05, 0) is 86.4 Å². The second-order valence-electron chi connectivity index (χ2n) is 18.7. The number of benzene rings is 1. The average molecular weight is 962 g/mol. The summed E-state index contributed by atoms with van der Waals surface area (Å²) in [6.45, 7) is 9.24. The lowest BCUT2D eigenvalue weighted by molar-refractivity contribution is -0.137. The number of piperidine rings is 3. The Morgan fingerprint density at radius 2 is 1.59 bits per heavy atom. The van der Waals surface area contributed by atoms with Crippen LogP contribution in [0.25, 0.3) is 6.08 Å². The van der Waals surface area contributed by atoms with Crippen molar-refractivity contribution in [3.8, 4) is 0 Å². The topological polar surface area (TPSA) is 212 Å². The van der Waals surface area contributed by atoms with Crippen LogP contribution in [0.2, 0.25) is 0 Å². The Hall–Kier alpha value is -6.31. The predicted molar refractivity (Wildman–Crippen MR) is 261 cm³/mol. The molecule has 0 radical (unpaired) electrons. The maximum atomic E-state index is 13.3. The number of hydrogen-bond acceptors (Lipinski definition) is 14. The van der Waals surface area contributed by atoms with E-state index >= 15 is 0 Å². The quantitative estimate of drug-likeness (QED) is 0.0796. The molecule has 374 valence electrons. The fourth-order valence-electron chi connectivity index (χ4n) is 10.1. The number of anilines is 2. The highest BCUT2D eigenvalue weighted by molar-refractivity contribution is 6.06. The summed E-state index contributed by atoms with van der Waals surface area (Å²) in [6.07, 6.45) is 14.6. The van der Waals surface area contributed by atoms with Gasteiger partial charge in [-0.25, -0.2) is 0 Å². The summed E-state index contributed by atoms with van der Waals surface area (Å²) in [5.41, 5.74) is 3.48. The zero-order chi connectivity index (χ0) is 48.7. The van der Waals surface area contributed by atoms with Crippen LogP contribution in [-0.2, 0) is 35.2 Å². The smallest absolute Gasteiger partial charge is 0.274 e. The third kappa shape index (κ3) is 13.5. The summed E-state index contributed by atoms with van der Waals surface area (Å²) in [4.78, 5) is 89.7. The van der Waals surface area contributed by atoms with Crippen molar-refractivity contribution in [2.24, 2.45) is 5.92 Å². The summed E-state index contributed by atoms with van der Waals surface area (Å²) < 4.78 is 11.5. The van der Waals surface area contributed by atoms with E-state index in [1.54, 1.807) is 35.5 Å². The molecule has 0 aliphatic carbocycles. The number of nitrogens with one attached hydrogen (secondary N) is 3. The van der Waals surface area contributed by atoms with Crippen LogP contribution in [-0.4, -0.2) is 174 Å². The first-order valence-corrected chi connectivity index (χ1v) is 25.1. The molecule has 4 saturated heterocycles. The first-order valence-electron chi connectivity index (χ1n) is 25.1. The van der Waals surface area contributed by atoms with Gasteiger partial charge in [0.05, 0.1) is 32.8 Å². The van der Waals surface area contributed by atoms with Gasteiger partial charge >= 0.3 is 0 Å². The number of fused-ring (bicyclic) bond motifs is 1. The second-order valence-corrected chi connectivity index (χ2v) is 18.7. The van der Waals surface area contributed by atoms with Crippen molar-refractivity contribution in [2.45, 2.75) is 82.8 Å². The van der Waals surface area contributed by atoms with E-state index in [0.717, 1.165) is 93.8 Å². The molecule has 19 nitrogen and oxygen atoms in total. The molecule has 7 heterocycles. The fourth-order valence-corrected chi connectivity index (χ4v) is 10.1. The number of likely N-dealkylation sites (tertiary alicyclic amines) is 1. The van der Waals surface area contributed by atoms with E-state index in [1.807, 2.05) is 46.2 Å². The van der Waals surface area contributed by atoms with Crippen molar-refractivity contribution in [1.82, 2.24) is 45.4 Å². The van der Waals surface area contributed by atoms with Crippen LogP contribution >= 0.6 is 0 Å². The van der Waals surface area contributed by atoms with E-state index in [1.165, 1.54) is 0 Å². The molecule has 5 aliphatic heterocycles. The zero-order valence-corrected chi connectivity index (χ0v) is 40.1. The molecular formula is C51H67N11O8. The molecule has 4 fully saturated rings. The van der Waals surface area contributed by atoms with Crippen molar-refractivity contribution < 1.29 is 38.2 Å². The number of unbranched alkanes of at least 4 members (excludes halogenated alkanes) is 1. The number of pyridine rings is 1. The van der Waals surface area contributed by atoms with Crippen LogP contribution in [0.5, 0.6) is 0 Å². The normalized spacial score (nSPS) is 19.4. The van der Waals surface area contributed by atoms with Gasteiger partial charge in [0.2, 0.25) is 23.6 Å². The van der Waals surface area contributed by atoms with Gasteiger partial charge in [0, 0.05) is 120 Å². The lowest BCUT2D eigenvalue weighted by Gasteiger charge is -2.43. The Morgan fingerprint density at radius 1 is 0.786 bits per heavy atom. The van der Waals surface area contributed by atoms with Gasteiger partial charge in [-0.15, -0.1) is 10.2 Å². The fraction of sp³-hybridized carbons (Fsp3) is 0.549. The Morgan fingerprint density at radius 3 is 2.33 bits per heavy atom. The minimum atomic E-state index is -0.656. The summed E-state index contributed by atoms with van der Waals surface area (Å²) in [5, 5.41) is 17.5. The number of ether oxygens (including phenoxy) is 2. The van der Waals surface area contributed by atoms with Gasteiger partial charge in [0.25, 0.3) is 11.8 Å². The predicted octanol–water partition coefficient (Wildman–Crippen LogP) is 3.13. The highest BCUT2D eigenvalue weighted by Crippen LogP contribution is 2.32. The molecule has 19 heteroatoms. The Labute approximate surface area is 409 Å². The lowest BCUT2D eigenvalue weighted by atomic mass is 9.91. The van der Waals surface area contributed by atoms with E-state index in [0.29, 0.717) is 108 Å². The Kier molecular flexibility index (Phi) is 17.9. The maximum absolute atomic E-state index is 13.3. The molecule has 2 aromatic heterocycles. The number of carbonyl (C=O) groups is 6. The number of rotatable bonds is 21. The van der Waals surface area contributed by atoms with Crippen LogP contribution in [0, 0.1) is 5.92 Å². The number of hydrogen-bond donors (Lipinski definition) is 3. The van der Waals surface area contributed by atoms with Crippen molar-refractivity contribution in [2.75, 3.05) is 102 Å². The standard InChI is InChI=1S/C51H67N11O8/c63-46(13-9-38-6-4-20-52-35-38)54-21-2-1-5-37-15-23-61(24-16-37)51(68)43-10-12-45(57-56-43)59-25-17-39(18-26-59)58-27-29-60(30-28-58)48(65)19-31-69-33-34-70-32-22-53-42-8-3-7-40-41(42)36-62(50(40)67)44-11-14-47(64)55-49(44)66/h3-4,6-10,12-13,20,35,37,39,44,53H,1-2,5,11,14-19,21-34,36H2,(H,54,63)(H,55,64,66)/b13-9+. The van der Waals surface area contributed by atoms with E-state index in [4.69, 9.17) is 9.47 Å². The number of nitrogens with zero attached hydrogens (tertiary/aromatic N) is 8. The van der Waals surface area contributed by atoms with Gasteiger partial charge in [-0.2, -0.15) is 0 Å². The molecule has 1 atom stereocenters. The number of piperazine rings is 1. The first-order chi connectivity index (χ1) is 34.2. The van der Waals surface area contributed by atoms with Gasteiger partial charge in [-0.1, -0.05) is 25.0 Å². The van der Waals surface area contributed by atoms with Crippen molar-refractivity contribution in [3.05, 3.63) is 83.3 Å². The highest BCUT2D eigenvalue weighted by Gasteiger charge is 2.40. The number of imide groups is 1. The molecule has 0 bridgehead atoms. The van der Waals surface area contributed by atoms with Crippen molar-refractivity contribution >= 4 is 53.0 Å². The van der Waals surface area contributed by atoms with Crippen LogP contribution in [0.15, 0.2) is 60.9 Å². The highest BCUT2D eigenvalue weighted by atomic mass is 16.5. The molecule has 1 unspecified atom stereocenters. The van der Waals surface area contributed by atoms with Gasteiger partial charge < -0.3 is 39.7 Å². The van der Waals surface area contributed by atoms with E-state index in [2.05, 4.69) is 40.9 Å². The van der Waals surface area contributed by atoms with Crippen LogP contribution < -0.4 is 20.9 Å². The van der Waals surface area contributed by atoms with Crippen molar-refractivity contribution in [3.63, 3.8) is 0 Å². The summed E-state index contributed by atoms with van der Waals surface area (Å²) in [5.74, 6) is 0.367. The molecule has 1 aromatic carbocycles. The number of amides is 6. The molecule has 70 heavy (non-hydrogen) atoms. The molecule has 0 spiro atoms. The monoisotopic (exact) mass is 962 g/mol. The van der Waals surface area contributed by atoms with Gasteiger partial charge in [0.1, 0.15) is 6.04 Å². The van der Waals surface area contributed by atoms with Gasteiger partial charge in [0.15, 0.2) is 11.5 Å². The average Bonchev–Trinajstić information content (AvgIpc) is 3.73. The summed E-state index contributed by atoms with van der Waals surface area (Å²) >= 11 is 0. The maximum Gasteiger partial charge on any atom is 0.274 e. The first kappa shape index (κ1) is 50.1. The minimum absolute atomic E-state index is 0.0620. The summed E-state index contributed by atoms with van der Waals surface area (Å²) in [7, 11) is 0. The minimum Gasteiger partial charge on any atom is -0.382 e. The molecule has 6 amide bonds. The third-order valence-electron chi connectivity index (χ3n) is 14.2. The van der Waals surface area contributed by atoms with E-state index in [-0.39, 0.29) is 36.0 Å². The van der Waals surface area contributed by atoms with Crippen molar-refractivity contribution in [1.29, 1.82) is 0 Å². The Bertz CT molecular complexity index is 2290. The number of aromatic nitrogens is 3. The van der Waals surface area contributed by atoms with E-state index < -0.39 is 11.9 Å². The molecular weight excluding hydrogens is 895 g/mol. The molecule has 3 N–H and O–H groups in total.